The average molecular weight is 332 g/mol. The van der Waals surface area contributed by atoms with Crippen molar-refractivity contribution in [1.29, 1.82) is 0 Å². The van der Waals surface area contributed by atoms with Gasteiger partial charge in [0.1, 0.15) is 0 Å². The van der Waals surface area contributed by atoms with Crippen molar-refractivity contribution in [3.05, 3.63) is 74.8 Å². The van der Waals surface area contributed by atoms with Gasteiger partial charge in [0.25, 0.3) is 5.69 Å². The number of hydrazone groups is 1. The highest BCUT2D eigenvalue weighted by Gasteiger charge is 2.08. The molecule has 0 aliphatic heterocycles. The highest BCUT2D eigenvalue weighted by Crippen LogP contribution is 2.13. The minimum absolute atomic E-state index is 0.0236. The second-order valence-electron chi connectivity index (χ2n) is 4.84. The highest BCUT2D eigenvalue weighted by atomic mass is 35.5. The standard InChI is InChI=1S/C16H14ClN3O3/c1-11(13-3-2-4-15(10-13)20(22)23)18-19-16(21)9-12-5-7-14(17)8-6-12/h2-8,10H,9H2,1H3,(H,19,21)/b18-11-. The Bertz CT molecular complexity index is 757. The van der Waals surface area contributed by atoms with E-state index in [0.29, 0.717) is 16.3 Å². The fourth-order valence-corrected chi connectivity index (χ4v) is 2.01. The van der Waals surface area contributed by atoms with Gasteiger partial charge in [-0.05, 0) is 24.6 Å². The van der Waals surface area contributed by atoms with Gasteiger partial charge in [0.15, 0.2) is 0 Å². The molecule has 118 valence electrons. The Kier molecular flexibility index (Phi) is 5.43. The maximum Gasteiger partial charge on any atom is 0.270 e. The van der Waals surface area contributed by atoms with Crippen molar-refractivity contribution in [2.24, 2.45) is 5.10 Å². The second-order valence-corrected chi connectivity index (χ2v) is 5.28. The predicted octanol–water partition coefficient (Wildman–Crippen LogP) is 3.33. The first kappa shape index (κ1) is 16.6. The minimum Gasteiger partial charge on any atom is -0.273 e. The molecular weight excluding hydrogens is 318 g/mol. The zero-order valence-electron chi connectivity index (χ0n) is 12.3. The van der Waals surface area contributed by atoms with Crippen LogP contribution >= 0.6 is 11.6 Å². The SMILES string of the molecule is C/C(=N/NC(=O)Cc1ccc(Cl)cc1)c1cccc([N+](=O)[O-])c1. The molecule has 0 atom stereocenters. The second kappa shape index (κ2) is 7.51. The van der Waals surface area contributed by atoms with E-state index >= 15 is 0 Å². The number of hydrogen-bond donors (Lipinski definition) is 1. The van der Waals surface area contributed by atoms with Crippen LogP contribution in [0.25, 0.3) is 0 Å². The number of nitro benzene ring substituents is 1. The van der Waals surface area contributed by atoms with E-state index in [1.165, 1.54) is 12.1 Å². The van der Waals surface area contributed by atoms with Crippen molar-refractivity contribution in [3.8, 4) is 0 Å². The lowest BCUT2D eigenvalue weighted by molar-refractivity contribution is -0.384. The van der Waals surface area contributed by atoms with E-state index in [1.807, 2.05) is 0 Å². The van der Waals surface area contributed by atoms with Gasteiger partial charge in [-0.3, -0.25) is 14.9 Å². The molecule has 0 spiro atoms. The van der Waals surface area contributed by atoms with E-state index in [9.17, 15) is 14.9 Å². The molecule has 1 amide bonds. The number of hydrogen-bond acceptors (Lipinski definition) is 4. The molecule has 0 fully saturated rings. The maximum absolute atomic E-state index is 11.8. The van der Waals surface area contributed by atoms with Crippen LogP contribution in [0.2, 0.25) is 5.02 Å². The zero-order valence-corrected chi connectivity index (χ0v) is 13.1. The molecule has 7 heteroatoms. The lowest BCUT2D eigenvalue weighted by atomic mass is 10.1. The number of amides is 1. The third-order valence-corrected chi connectivity index (χ3v) is 3.35. The fraction of sp³-hybridized carbons (Fsp3) is 0.125. The Morgan fingerprint density at radius 3 is 2.61 bits per heavy atom. The Morgan fingerprint density at radius 1 is 1.26 bits per heavy atom. The number of nitrogens with zero attached hydrogens (tertiary/aromatic N) is 2. The summed E-state index contributed by atoms with van der Waals surface area (Å²) in [5.74, 6) is -0.280. The van der Waals surface area contributed by atoms with Gasteiger partial charge in [-0.25, -0.2) is 5.43 Å². The maximum atomic E-state index is 11.8. The lowest BCUT2D eigenvalue weighted by Crippen LogP contribution is -2.21. The van der Waals surface area contributed by atoms with Crippen molar-refractivity contribution < 1.29 is 9.72 Å². The number of benzene rings is 2. The van der Waals surface area contributed by atoms with Crippen LogP contribution in [0.4, 0.5) is 5.69 Å². The summed E-state index contributed by atoms with van der Waals surface area (Å²) in [4.78, 5) is 22.1. The van der Waals surface area contributed by atoms with Crippen molar-refractivity contribution >= 4 is 28.9 Å². The van der Waals surface area contributed by atoms with Gasteiger partial charge < -0.3 is 0 Å². The molecule has 2 rings (SSSR count). The van der Waals surface area contributed by atoms with Crippen LogP contribution in [-0.2, 0) is 11.2 Å². The van der Waals surface area contributed by atoms with E-state index in [-0.39, 0.29) is 18.0 Å². The first-order chi connectivity index (χ1) is 11.0. The summed E-state index contributed by atoms with van der Waals surface area (Å²) >= 11 is 5.78. The number of carbonyl (C=O) groups excluding carboxylic acids is 1. The number of carbonyl (C=O) groups is 1. The lowest BCUT2D eigenvalue weighted by Gasteiger charge is -2.03. The van der Waals surface area contributed by atoms with Gasteiger partial charge in [0.05, 0.1) is 17.1 Å². The third kappa shape index (κ3) is 4.89. The average Bonchev–Trinajstić information content (AvgIpc) is 2.55. The Balaban J connectivity index is 2.01. The summed E-state index contributed by atoms with van der Waals surface area (Å²) in [6.45, 7) is 1.67. The number of nitro groups is 1. The quantitative estimate of drug-likeness (QED) is 0.518. The molecule has 0 unspecified atom stereocenters. The van der Waals surface area contributed by atoms with Crippen LogP contribution in [0.15, 0.2) is 53.6 Å². The summed E-state index contributed by atoms with van der Waals surface area (Å²) in [5.41, 5.74) is 4.29. The van der Waals surface area contributed by atoms with Gasteiger partial charge >= 0.3 is 0 Å². The molecule has 2 aromatic carbocycles. The van der Waals surface area contributed by atoms with Gasteiger partial charge in [0, 0.05) is 22.7 Å². The molecule has 0 heterocycles. The van der Waals surface area contributed by atoms with Crippen molar-refractivity contribution in [1.82, 2.24) is 5.43 Å². The molecule has 0 aliphatic carbocycles. The summed E-state index contributed by atoms with van der Waals surface area (Å²) in [6.07, 6.45) is 0.170. The third-order valence-electron chi connectivity index (χ3n) is 3.10. The number of nitrogens with one attached hydrogen (secondary N) is 1. The largest absolute Gasteiger partial charge is 0.273 e. The van der Waals surface area contributed by atoms with Gasteiger partial charge in [-0.15, -0.1) is 0 Å². The molecule has 0 bridgehead atoms. The Labute approximate surface area is 137 Å². The molecule has 6 nitrogen and oxygen atoms in total. The van der Waals surface area contributed by atoms with Gasteiger partial charge in [0.2, 0.25) is 5.91 Å². The topological polar surface area (TPSA) is 84.6 Å². The summed E-state index contributed by atoms with van der Waals surface area (Å²) < 4.78 is 0. The number of halogens is 1. The molecule has 0 radical (unpaired) electrons. The van der Waals surface area contributed by atoms with Gasteiger partial charge in [-0.1, -0.05) is 35.9 Å². The van der Waals surface area contributed by atoms with Crippen LogP contribution in [0.1, 0.15) is 18.1 Å². The fourth-order valence-electron chi connectivity index (χ4n) is 1.88. The molecule has 2 aromatic rings. The van der Waals surface area contributed by atoms with Crippen LogP contribution in [0, 0.1) is 10.1 Å². The van der Waals surface area contributed by atoms with Crippen LogP contribution in [-0.4, -0.2) is 16.5 Å². The minimum atomic E-state index is -0.476. The zero-order chi connectivity index (χ0) is 16.8. The first-order valence-corrected chi connectivity index (χ1v) is 7.16. The Hall–Kier alpha value is -2.73. The van der Waals surface area contributed by atoms with Gasteiger partial charge in [-0.2, -0.15) is 5.10 Å². The van der Waals surface area contributed by atoms with Crippen LogP contribution in [0.3, 0.4) is 0 Å². The van der Waals surface area contributed by atoms with Crippen molar-refractivity contribution in [3.63, 3.8) is 0 Å². The monoisotopic (exact) mass is 331 g/mol. The van der Waals surface area contributed by atoms with E-state index in [2.05, 4.69) is 10.5 Å². The van der Waals surface area contributed by atoms with Crippen LogP contribution in [0.5, 0.6) is 0 Å². The normalized spacial score (nSPS) is 11.1. The smallest absolute Gasteiger partial charge is 0.270 e. The van der Waals surface area contributed by atoms with Crippen molar-refractivity contribution in [2.45, 2.75) is 13.3 Å². The summed E-state index contributed by atoms with van der Waals surface area (Å²) in [5, 5.41) is 15.3. The molecule has 1 N–H and O–H groups in total. The van der Waals surface area contributed by atoms with Crippen molar-refractivity contribution in [2.75, 3.05) is 0 Å². The molecule has 23 heavy (non-hydrogen) atoms. The van der Waals surface area contributed by atoms with E-state index in [1.54, 1.807) is 43.3 Å². The molecule has 0 saturated heterocycles. The Morgan fingerprint density at radius 2 is 1.96 bits per heavy atom. The molecule has 0 aliphatic rings. The van der Waals surface area contributed by atoms with Crippen LogP contribution < -0.4 is 5.43 Å². The first-order valence-electron chi connectivity index (χ1n) is 6.78. The predicted molar refractivity (Wildman–Crippen MR) is 88.6 cm³/mol. The number of rotatable bonds is 5. The molecule has 0 saturated carbocycles. The summed E-state index contributed by atoms with van der Waals surface area (Å²) in [6, 6.07) is 13.0. The van der Waals surface area contributed by atoms with E-state index < -0.39 is 4.92 Å². The highest BCUT2D eigenvalue weighted by molar-refractivity contribution is 6.30. The van der Waals surface area contributed by atoms with E-state index in [4.69, 9.17) is 11.6 Å². The summed E-state index contributed by atoms with van der Waals surface area (Å²) in [7, 11) is 0. The number of non-ortho nitro benzene ring substituents is 1. The van der Waals surface area contributed by atoms with E-state index in [0.717, 1.165) is 5.56 Å². The molecule has 0 aromatic heterocycles. The molecular formula is C16H14ClN3O3.